The van der Waals surface area contributed by atoms with Crippen LogP contribution in [0, 0.1) is 12.1 Å². The van der Waals surface area contributed by atoms with Crippen molar-refractivity contribution in [3.8, 4) is 33.6 Å². The molecular weight excluding hydrogens is 793 g/mol. The van der Waals surface area contributed by atoms with Crippen molar-refractivity contribution in [1.29, 1.82) is 0 Å². The minimum atomic E-state index is -1.23. The maximum atomic E-state index is 8.37. The Morgan fingerprint density at radius 3 is 2.14 bits per heavy atom. The first-order chi connectivity index (χ1) is 23.2. The van der Waals surface area contributed by atoms with E-state index in [0.717, 1.165) is 55.6 Å². The van der Waals surface area contributed by atoms with E-state index in [-0.39, 0.29) is 25.5 Å². The van der Waals surface area contributed by atoms with E-state index in [1.165, 1.54) is 16.3 Å². The molecule has 0 atom stereocenters. The summed E-state index contributed by atoms with van der Waals surface area (Å²) in [7, 11) is -1.23. The van der Waals surface area contributed by atoms with Gasteiger partial charge in [-0.3, -0.25) is 0 Å². The number of hydrogen-bond acceptors (Lipinski definition) is 3. The van der Waals surface area contributed by atoms with Gasteiger partial charge in [0.1, 0.15) is 5.58 Å². The zero-order chi connectivity index (χ0) is 35.0. The van der Waals surface area contributed by atoms with Crippen LogP contribution in [-0.2, 0) is 25.5 Å². The Kier molecular flexibility index (Phi) is 10.5. The van der Waals surface area contributed by atoms with Crippen molar-refractivity contribution in [2.75, 3.05) is 0 Å². The van der Waals surface area contributed by atoms with E-state index in [1.807, 2.05) is 68.6 Å². The number of pyridine rings is 2. The molecule has 0 aliphatic rings. The summed E-state index contributed by atoms with van der Waals surface area (Å²) in [5.74, 6) is -0.698. The van der Waals surface area contributed by atoms with Crippen molar-refractivity contribution in [3.63, 3.8) is 0 Å². The number of fused-ring (bicyclic) bond motifs is 3. The number of rotatable bonds is 5. The number of furan rings is 1. The van der Waals surface area contributed by atoms with Crippen LogP contribution in [0.15, 0.2) is 120 Å². The van der Waals surface area contributed by atoms with Crippen LogP contribution in [0.1, 0.15) is 53.0 Å². The zero-order valence-corrected chi connectivity index (χ0v) is 33.0. The number of aromatic nitrogens is 2. The van der Waals surface area contributed by atoms with Crippen LogP contribution < -0.4 is 5.19 Å². The summed E-state index contributed by atoms with van der Waals surface area (Å²) in [5, 5.41) is 3.52. The molecule has 251 valence electrons. The summed E-state index contributed by atoms with van der Waals surface area (Å²) in [6.45, 7) is 17.4. The second-order valence-electron chi connectivity index (χ2n) is 14.6. The Balaban J connectivity index is 0.000000241. The van der Waals surface area contributed by atoms with E-state index in [1.54, 1.807) is 6.20 Å². The van der Waals surface area contributed by atoms with Crippen LogP contribution in [0.2, 0.25) is 19.6 Å². The van der Waals surface area contributed by atoms with E-state index >= 15 is 0 Å². The van der Waals surface area contributed by atoms with E-state index in [0.29, 0.717) is 0 Å². The molecule has 1 radical (unpaired) electrons. The zero-order valence-electron chi connectivity index (χ0n) is 30.6. The molecule has 5 heteroatoms. The van der Waals surface area contributed by atoms with E-state index in [2.05, 4.69) is 117 Å². The Bertz CT molecular complexity index is 2210. The second kappa shape index (κ2) is 14.8. The van der Waals surface area contributed by atoms with Gasteiger partial charge in [0.15, 0.2) is 0 Å². The Hall–Kier alpha value is -4.15. The number of nitrogens with zero attached hydrogens (tertiary/aromatic N) is 2. The van der Waals surface area contributed by atoms with Crippen LogP contribution in [0.25, 0.3) is 55.6 Å². The molecule has 49 heavy (non-hydrogen) atoms. The van der Waals surface area contributed by atoms with Gasteiger partial charge in [0.25, 0.3) is 0 Å². The minimum Gasteiger partial charge on any atom is -0.501 e. The van der Waals surface area contributed by atoms with Gasteiger partial charge in [0.2, 0.25) is 0 Å². The molecule has 0 bridgehead atoms. The Labute approximate surface area is 307 Å². The molecule has 4 aromatic carbocycles. The van der Waals surface area contributed by atoms with Crippen molar-refractivity contribution in [2.24, 2.45) is 0 Å². The molecule has 3 heterocycles. The van der Waals surface area contributed by atoms with Crippen LogP contribution >= 0.6 is 0 Å². The molecule has 3 nitrogen and oxygen atoms in total. The standard InChI is InChI=1S/C30H28NO.C14H16NSi.Ir/c1-19(2)21-15-16-31-27(17-21)26-8-6-7-25-24-14-11-22(18-28(24)32-29(25)26)20-9-12-23(13-10-20)30(3,4)5;1-16(2,3)13-9-10-14(15-11-13)12-7-5-4-6-8-12;/h6-7,9-19H,1-5H3;4-7,9-11H,1-3H3;/q2*-1;/i19D;;. The molecule has 0 fully saturated rings. The van der Waals surface area contributed by atoms with Gasteiger partial charge < -0.3 is 14.4 Å². The first-order valence-electron chi connectivity index (χ1n) is 17.1. The van der Waals surface area contributed by atoms with Gasteiger partial charge in [-0.2, -0.15) is 0 Å². The largest absolute Gasteiger partial charge is 0.501 e. The molecule has 0 saturated heterocycles. The van der Waals surface area contributed by atoms with Crippen LogP contribution in [0.4, 0.5) is 0 Å². The molecule has 0 spiro atoms. The molecule has 7 aromatic rings. The first-order valence-corrected chi connectivity index (χ1v) is 20.1. The fraction of sp³-hybridized carbons (Fsp3) is 0.227. The molecule has 7 rings (SSSR count). The summed E-state index contributed by atoms with van der Waals surface area (Å²) >= 11 is 0. The smallest absolute Gasteiger partial charge is 0.121 e. The summed E-state index contributed by atoms with van der Waals surface area (Å²) in [5.41, 5.74) is 9.95. The Morgan fingerprint density at radius 1 is 0.755 bits per heavy atom. The van der Waals surface area contributed by atoms with Gasteiger partial charge in [-0.1, -0.05) is 125 Å². The normalized spacial score (nSPS) is 12.2. The van der Waals surface area contributed by atoms with E-state index in [9.17, 15) is 0 Å². The second-order valence-corrected chi connectivity index (χ2v) is 19.7. The van der Waals surface area contributed by atoms with E-state index in [4.69, 9.17) is 5.79 Å². The molecule has 0 N–H and O–H groups in total. The monoisotopic (exact) mass is 838 g/mol. The fourth-order valence-corrected chi connectivity index (χ4v) is 6.74. The van der Waals surface area contributed by atoms with Crippen molar-refractivity contribution >= 4 is 35.2 Å². The molecule has 0 amide bonds. The SMILES string of the molecule is C[Si](C)(C)c1ccc(-c2[c-]cccc2)nc1.[2H]C(C)(C)c1ccnc(-c2[c-]ccc3c2oc2cc(-c4ccc(C(C)(C)C)cc4)ccc23)c1.[Ir]. The molecule has 0 aliphatic carbocycles. The molecule has 0 unspecified atom stereocenters. The van der Waals surface area contributed by atoms with Gasteiger partial charge >= 0.3 is 0 Å². The maximum absolute atomic E-state index is 8.37. The van der Waals surface area contributed by atoms with Gasteiger partial charge in [-0.05, 0) is 56.7 Å². The molecule has 0 aliphatic heterocycles. The average molecular weight is 838 g/mol. The summed E-state index contributed by atoms with van der Waals surface area (Å²) < 4.78 is 14.8. The third kappa shape index (κ3) is 8.19. The Morgan fingerprint density at radius 2 is 1.51 bits per heavy atom. The topological polar surface area (TPSA) is 38.9 Å². The number of benzene rings is 4. The number of hydrogen-bond donors (Lipinski definition) is 0. The molecule has 3 aromatic heterocycles. The van der Waals surface area contributed by atoms with Gasteiger partial charge in [-0.25, -0.2) is 0 Å². The predicted octanol–water partition coefficient (Wildman–Crippen LogP) is 11.6. The van der Waals surface area contributed by atoms with Crippen molar-refractivity contribution in [3.05, 3.63) is 139 Å². The van der Waals surface area contributed by atoms with Crippen molar-refractivity contribution in [1.82, 2.24) is 9.97 Å². The summed E-state index contributed by atoms with van der Waals surface area (Å²) in [6.07, 6.45) is 3.78. The van der Waals surface area contributed by atoms with Crippen LogP contribution in [0.3, 0.4) is 0 Å². The van der Waals surface area contributed by atoms with Gasteiger partial charge in [-0.15, -0.1) is 54.1 Å². The average Bonchev–Trinajstić information content (AvgIpc) is 3.46. The van der Waals surface area contributed by atoms with Crippen molar-refractivity contribution < 1.29 is 25.9 Å². The quantitative estimate of drug-likeness (QED) is 0.128. The molecular formula is C44H44IrN2OSi-2. The van der Waals surface area contributed by atoms with Crippen LogP contribution in [-0.4, -0.2) is 18.0 Å². The first kappa shape index (κ1) is 34.7. The van der Waals surface area contributed by atoms with Crippen molar-refractivity contribution in [2.45, 2.75) is 65.6 Å². The minimum absolute atomic E-state index is 0. The third-order valence-electron chi connectivity index (χ3n) is 8.73. The summed E-state index contributed by atoms with van der Waals surface area (Å²) in [6, 6.07) is 41.8. The third-order valence-corrected chi connectivity index (χ3v) is 10.8. The maximum Gasteiger partial charge on any atom is 0.121 e. The van der Waals surface area contributed by atoms with E-state index < -0.39 is 14.0 Å². The van der Waals surface area contributed by atoms with Gasteiger partial charge in [0, 0.05) is 39.3 Å². The fourth-order valence-electron chi connectivity index (χ4n) is 5.70. The molecule has 0 saturated carbocycles. The van der Waals surface area contributed by atoms with Gasteiger partial charge in [0.05, 0.1) is 13.7 Å². The van der Waals surface area contributed by atoms with Crippen LogP contribution in [0.5, 0.6) is 0 Å². The summed E-state index contributed by atoms with van der Waals surface area (Å²) in [4.78, 5) is 9.08. The predicted molar refractivity (Wildman–Crippen MR) is 206 cm³/mol.